The maximum absolute atomic E-state index is 5.96. The van der Waals surface area contributed by atoms with E-state index >= 15 is 0 Å². The van der Waals surface area contributed by atoms with Crippen molar-refractivity contribution in [3.05, 3.63) is 45.2 Å². The lowest BCUT2D eigenvalue weighted by Crippen LogP contribution is -2.30. The van der Waals surface area contributed by atoms with Crippen molar-refractivity contribution in [2.24, 2.45) is 7.05 Å². The van der Waals surface area contributed by atoms with Gasteiger partial charge in [0.15, 0.2) is 0 Å². The van der Waals surface area contributed by atoms with Crippen LogP contribution in [0, 0.1) is 13.8 Å². The van der Waals surface area contributed by atoms with Crippen LogP contribution in [0.1, 0.15) is 22.5 Å². The molecule has 1 unspecified atom stereocenters. The Bertz CT molecular complexity index is 666. The molecular weight excluding hydrogens is 330 g/mol. The first kappa shape index (κ1) is 14.6. The summed E-state index contributed by atoms with van der Waals surface area (Å²) >= 11 is 3.51. The van der Waals surface area contributed by atoms with Crippen LogP contribution < -0.4 is 10.1 Å². The average molecular weight is 350 g/mol. The molecule has 0 fully saturated rings. The molecule has 1 N–H and O–H groups in total. The van der Waals surface area contributed by atoms with Gasteiger partial charge in [-0.05, 0) is 37.6 Å². The van der Waals surface area contributed by atoms with Crippen LogP contribution in [0.15, 0.2) is 22.7 Å². The molecule has 3 rings (SSSR count). The van der Waals surface area contributed by atoms with Gasteiger partial charge in [-0.1, -0.05) is 15.9 Å². The Morgan fingerprint density at radius 3 is 2.95 bits per heavy atom. The number of fused-ring (bicyclic) bond motifs is 1. The number of hydrogen-bond acceptors (Lipinski definition) is 3. The molecule has 1 aromatic heterocycles. The van der Waals surface area contributed by atoms with Crippen molar-refractivity contribution in [3.8, 4) is 5.75 Å². The van der Waals surface area contributed by atoms with Gasteiger partial charge >= 0.3 is 0 Å². The van der Waals surface area contributed by atoms with E-state index in [1.165, 1.54) is 16.8 Å². The zero-order valence-electron chi connectivity index (χ0n) is 12.6. The maximum Gasteiger partial charge on any atom is 0.123 e. The Morgan fingerprint density at radius 2 is 2.24 bits per heavy atom. The third-order valence-electron chi connectivity index (χ3n) is 4.10. The largest absolute Gasteiger partial charge is 0.488 e. The van der Waals surface area contributed by atoms with Gasteiger partial charge in [0.05, 0.1) is 5.69 Å². The fraction of sp³-hybridized carbons (Fsp3) is 0.438. The number of hydrogen-bond donors (Lipinski definition) is 1. The molecule has 1 aliphatic rings. The number of nitrogens with zero attached hydrogens (tertiary/aromatic N) is 2. The molecule has 0 spiro atoms. The molecular formula is C16H20BrN3O. The first-order chi connectivity index (χ1) is 10.0. The highest BCUT2D eigenvalue weighted by atomic mass is 79.9. The van der Waals surface area contributed by atoms with E-state index in [1.54, 1.807) is 0 Å². The fourth-order valence-electron chi connectivity index (χ4n) is 2.83. The molecule has 1 aromatic carbocycles. The molecule has 0 bridgehead atoms. The summed E-state index contributed by atoms with van der Waals surface area (Å²) in [4.78, 5) is 0. The lowest BCUT2D eigenvalue weighted by atomic mass is 10.1. The molecule has 0 amide bonds. The normalized spacial score (nSPS) is 16.9. The molecule has 112 valence electrons. The van der Waals surface area contributed by atoms with E-state index in [0.717, 1.165) is 35.4 Å². The Labute approximate surface area is 133 Å². The van der Waals surface area contributed by atoms with Crippen LogP contribution >= 0.6 is 15.9 Å². The Hall–Kier alpha value is -1.33. The minimum Gasteiger partial charge on any atom is -0.488 e. The van der Waals surface area contributed by atoms with Gasteiger partial charge in [-0.3, -0.25) is 4.68 Å². The molecule has 2 aromatic rings. The van der Waals surface area contributed by atoms with Crippen molar-refractivity contribution < 1.29 is 4.74 Å². The zero-order valence-corrected chi connectivity index (χ0v) is 14.2. The summed E-state index contributed by atoms with van der Waals surface area (Å²) in [6.07, 6.45) is 1.18. The second kappa shape index (κ2) is 5.81. The van der Waals surface area contributed by atoms with E-state index in [1.807, 2.05) is 23.9 Å². The standard InChI is InChI=1S/C16H20BrN3O/c1-10-15(11(2)20(3)19-10)9-18-8-14-7-12-6-13(17)4-5-16(12)21-14/h4-6,14,18H,7-9H2,1-3H3. The van der Waals surface area contributed by atoms with Gasteiger partial charge < -0.3 is 10.1 Å². The van der Waals surface area contributed by atoms with Crippen LogP contribution in [-0.4, -0.2) is 22.4 Å². The number of aryl methyl sites for hydroxylation is 2. The van der Waals surface area contributed by atoms with Crippen LogP contribution in [0.3, 0.4) is 0 Å². The van der Waals surface area contributed by atoms with E-state index in [-0.39, 0.29) is 6.10 Å². The van der Waals surface area contributed by atoms with Gasteiger partial charge in [-0.25, -0.2) is 0 Å². The van der Waals surface area contributed by atoms with Crippen molar-refractivity contribution in [1.82, 2.24) is 15.1 Å². The predicted molar refractivity (Wildman–Crippen MR) is 86.7 cm³/mol. The van der Waals surface area contributed by atoms with E-state index < -0.39 is 0 Å². The predicted octanol–water partition coefficient (Wildman–Crippen LogP) is 2.89. The average Bonchev–Trinajstić information content (AvgIpc) is 2.93. The summed E-state index contributed by atoms with van der Waals surface area (Å²) in [6.45, 7) is 5.85. The zero-order chi connectivity index (χ0) is 15.0. The van der Waals surface area contributed by atoms with Crippen LogP contribution in [-0.2, 0) is 20.0 Å². The minimum absolute atomic E-state index is 0.214. The van der Waals surface area contributed by atoms with E-state index in [9.17, 15) is 0 Å². The number of ether oxygens (including phenoxy) is 1. The molecule has 0 radical (unpaired) electrons. The fourth-order valence-corrected chi connectivity index (χ4v) is 3.24. The van der Waals surface area contributed by atoms with Crippen molar-refractivity contribution in [2.45, 2.75) is 32.9 Å². The molecule has 21 heavy (non-hydrogen) atoms. The van der Waals surface area contributed by atoms with Gasteiger partial charge in [0, 0.05) is 42.3 Å². The van der Waals surface area contributed by atoms with Crippen LogP contribution in [0.25, 0.3) is 0 Å². The van der Waals surface area contributed by atoms with Gasteiger partial charge in [0.1, 0.15) is 11.9 Å². The smallest absolute Gasteiger partial charge is 0.123 e. The topological polar surface area (TPSA) is 39.1 Å². The van der Waals surface area contributed by atoms with Gasteiger partial charge in [0.25, 0.3) is 0 Å². The first-order valence-electron chi connectivity index (χ1n) is 7.19. The number of aromatic nitrogens is 2. The minimum atomic E-state index is 0.214. The SMILES string of the molecule is Cc1nn(C)c(C)c1CNCC1Cc2cc(Br)ccc2O1. The second-order valence-electron chi connectivity index (χ2n) is 5.60. The third-order valence-corrected chi connectivity index (χ3v) is 4.59. The quantitative estimate of drug-likeness (QED) is 0.922. The molecule has 1 aliphatic heterocycles. The molecule has 0 saturated heterocycles. The summed E-state index contributed by atoms with van der Waals surface area (Å²) in [7, 11) is 1.99. The van der Waals surface area contributed by atoms with Crippen LogP contribution in [0.5, 0.6) is 5.75 Å². The Kier molecular flexibility index (Phi) is 4.04. The summed E-state index contributed by atoms with van der Waals surface area (Å²) in [5.74, 6) is 1.01. The van der Waals surface area contributed by atoms with Gasteiger partial charge in [-0.2, -0.15) is 5.10 Å². The lowest BCUT2D eigenvalue weighted by Gasteiger charge is -2.12. The third kappa shape index (κ3) is 2.99. The van der Waals surface area contributed by atoms with Crippen LogP contribution in [0.4, 0.5) is 0 Å². The lowest BCUT2D eigenvalue weighted by molar-refractivity contribution is 0.227. The van der Waals surface area contributed by atoms with E-state index in [2.05, 4.69) is 46.3 Å². The monoisotopic (exact) mass is 349 g/mol. The molecule has 0 aliphatic carbocycles. The number of rotatable bonds is 4. The molecule has 2 heterocycles. The molecule has 5 heteroatoms. The Morgan fingerprint density at radius 1 is 1.43 bits per heavy atom. The highest BCUT2D eigenvalue weighted by Gasteiger charge is 2.22. The van der Waals surface area contributed by atoms with Gasteiger partial charge in [-0.15, -0.1) is 0 Å². The van der Waals surface area contributed by atoms with Gasteiger partial charge in [0.2, 0.25) is 0 Å². The highest BCUT2D eigenvalue weighted by Crippen LogP contribution is 2.30. The molecule has 0 saturated carbocycles. The summed E-state index contributed by atoms with van der Waals surface area (Å²) in [5.41, 5.74) is 4.89. The number of nitrogens with one attached hydrogen (secondary N) is 1. The van der Waals surface area contributed by atoms with Crippen molar-refractivity contribution >= 4 is 15.9 Å². The summed E-state index contributed by atoms with van der Waals surface area (Å²) < 4.78 is 9.01. The van der Waals surface area contributed by atoms with Crippen LogP contribution in [0.2, 0.25) is 0 Å². The number of halogens is 1. The maximum atomic E-state index is 5.96. The highest BCUT2D eigenvalue weighted by molar-refractivity contribution is 9.10. The van der Waals surface area contributed by atoms with Crippen molar-refractivity contribution in [3.63, 3.8) is 0 Å². The summed E-state index contributed by atoms with van der Waals surface area (Å²) in [5, 5.41) is 7.94. The number of benzene rings is 1. The summed E-state index contributed by atoms with van der Waals surface area (Å²) in [6, 6.07) is 6.20. The first-order valence-corrected chi connectivity index (χ1v) is 7.98. The van der Waals surface area contributed by atoms with Crippen molar-refractivity contribution in [2.75, 3.05) is 6.54 Å². The van der Waals surface area contributed by atoms with E-state index in [4.69, 9.17) is 4.74 Å². The van der Waals surface area contributed by atoms with Crippen molar-refractivity contribution in [1.29, 1.82) is 0 Å². The molecule has 1 atom stereocenters. The molecule has 4 nitrogen and oxygen atoms in total. The Balaban J connectivity index is 1.56. The van der Waals surface area contributed by atoms with E-state index in [0.29, 0.717) is 0 Å². The second-order valence-corrected chi connectivity index (χ2v) is 6.52.